The SMILES string of the molecule is C[Si](C)(C)O[Si](C)(CCCCSc1ccc(N)cc1)CCCCSc1ccc(N)cc1. The third-order valence-corrected chi connectivity index (χ3v) is 14.5. The average molecular weight is 493 g/mol. The highest BCUT2D eigenvalue weighted by Crippen LogP contribution is 2.29. The second kappa shape index (κ2) is 13.0. The van der Waals surface area contributed by atoms with Gasteiger partial charge in [-0.2, -0.15) is 0 Å². The van der Waals surface area contributed by atoms with Crippen molar-refractivity contribution in [1.82, 2.24) is 0 Å². The summed E-state index contributed by atoms with van der Waals surface area (Å²) in [7, 11) is -3.17. The maximum atomic E-state index is 6.82. The van der Waals surface area contributed by atoms with Crippen LogP contribution >= 0.6 is 23.5 Å². The second-order valence-corrected chi connectivity index (χ2v) is 20.7. The van der Waals surface area contributed by atoms with Crippen molar-refractivity contribution in [3.05, 3.63) is 48.5 Å². The summed E-state index contributed by atoms with van der Waals surface area (Å²) in [5.41, 5.74) is 13.2. The van der Waals surface area contributed by atoms with Crippen LogP contribution in [-0.2, 0) is 4.12 Å². The highest BCUT2D eigenvalue weighted by molar-refractivity contribution is 7.99. The van der Waals surface area contributed by atoms with E-state index in [-0.39, 0.29) is 0 Å². The number of nitrogens with two attached hydrogens (primary N) is 2. The van der Waals surface area contributed by atoms with Gasteiger partial charge in [0, 0.05) is 21.2 Å². The van der Waals surface area contributed by atoms with E-state index in [1.807, 2.05) is 47.8 Å². The second-order valence-electron chi connectivity index (χ2n) is 9.41. The van der Waals surface area contributed by atoms with E-state index in [4.69, 9.17) is 15.6 Å². The number of nitrogen functional groups attached to an aromatic ring is 2. The van der Waals surface area contributed by atoms with Crippen LogP contribution in [0.25, 0.3) is 0 Å². The van der Waals surface area contributed by atoms with Gasteiger partial charge < -0.3 is 15.6 Å². The van der Waals surface area contributed by atoms with Gasteiger partial charge in [0.05, 0.1) is 0 Å². The normalized spacial score (nSPS) is 12.3. The Hall–Kier alpha value is -0.866. The van der Waals surface area contributed by atoms with Gasteiger partial charge in [0.2, 0.25) is 0 Å². The van der Waals surface area contributed by atoms with Gasteiger partial charge in [-0.25, -0.2) is 0 Å². The lowest BCUT2D eigenvalue weighted by Crippen LogP contribution is -2.44. The van der Waals surface area contributed by atoms with Gasteiger partial charge in [0.15, 0.2) is 16.6 Å². The molecule has 31 heavy (non-hydrogen) atoms. The fourth-order valence-electron chi connectivity index (χ4n) is 3.68. The lowest BCUT2D eigenvalue weighted by Gasteiger charge is -2.35. The van der Waals surface area contributed by atoms with E-state index < -0.39 is 16.6 Å². The standard InChI is InChI=1S/C24H40N2OS2Si2/c1-30(2,3)27-31(4,19-7-5-17-28-23-13-9-21(25)10-14-23)20-8-6-18-29-24-15-11-22(26)12-16-24/h9-16H,5-8,17-20,25-26H2,1-4H3. The third kappa shape index (κ3) is 11.5. The summed E-state index contributed by atoms with van der Waals surface area (Å²) in [4.78, 5) is 2.62. The molecule has 4 N–H and O–H groups in total. The number of benzene rings is 2. The van der Waals surface area contributed by atoms with Crippen LogP contribution in [0.3, 0.4) is 0 Å². The minimum atomic E-state index is -1.65. The largest absolute Gasteiger partial charge is 0.456 e. The summed E-state index contributed by atoms with van der Waals surface area (Å²) in [6.45, 7) is 9.50. The van der Waals surface area contributed by atoms with E-state index >= 15 is 0 Å². The predicted molar refractivity (Wildman–Crippen MR) is 147 cm³/mol. The zero-order valence-electron chi connectivity index (χ0n) is 19.7. The van der Waals surface area contributed by atoms with Crippen molar-refractivity contribution < 1.29 is 4.12 Å². The number of rotatable bonds is 14. The molecule has 2 aromatic carbocycles. The molecule has 0 aliphatic carbocycles. The molecule has 0 radical (unpaired) electrons. The number of hydrogen-bond donors (Lipinski definition) is 2. The first kappa shape index (κ1) is 26.4. The fourth-order valence-corrected chi connectivity index (χ4v) is 14.5. The van der Waals surface area contributed by atoms with Gasteiger partial charge in [-0.3, -0.25) is 0 Å². The van der Waals surface area contributed by atoms with Crippen molar-refractivity contribution in [2.75, 3.05) is 23.0 Å². The van der Waals surface area contributed by atoms with Crippen LogP contribution in [0.1, 0.15) is 25.7 Å². The van der Waals surface area contributed by atoms with Crippen molar-refractivity contribution >= 4 is 51.5 Å². The van der Waals surface area contributed by atoms with Gasteiger partial charge in [0.1, 0.15) is 0 Å². The lowest BCUT2D eigenvalue weighted by molar-refractivity contribution is 0.527. The molecule has 0 aromatic heterocycles. The average Bonchev–Trinajstić information content (AvgIpc) is 2.69. The summed E-state index contributed by atoms with van der Waals surface area (Å²) in [6, 6.07) is 19.0. The first-order chi connectivity index (χ1) is 14.7. The summed E-state index contributed by atoms with van der Waals surface area (Å²) >= 11 is 3.87. The molecular formula is C24H40N2OS2Si2. The van der Waals surface area contributed by atoms with E-state index in [2.05, 4.69) is 50.5 Å². The molecule has 0 aliphatic heterocycles. The molecule has 0 spiro atoms. The van der Waals surface area contributed by atoms with Crippen molar-refractivity contribution in [3.63, 3.8) is 0 Å². The lowest BCUT2D eigenvalue weighted by atomic mass is 10.3. The summed E-state index contributed by atoms with van der Waals surface area (Å²) < 4.78 is 6.82. The first-order valence-corrected chi connectivity index (χ1v) is 19.5. The highest BCUT2D eigenvalue weighted by atomic mass is 32.2. The van der Waals surface area contributed by atoms with Gasteiger partial charge >= 0.3 is 0 Å². The van der Waals surface area contributed by atoms with E-state index in [1.165, 1.54) is 59.1 Å². The van der Waals surface area contributed by atoms with Gasteiger partial charge in [-0.1, -0.05) is 12.8 Å². The van der Waals surface area contributed by atoms with Crippen LogP contribution in [-0.4, -0.2) is 28.1 Å². The summed E-state index contributed by atoms with van der Waals surface area (Å²) in [5, 5.41) is 0. The van der Waals surface area contributed by atoms with Gasteiger partial charge in [-0.15, -0.1) is 23.5 Å². The maximum Gasteiger partial charge on any atom is 0.176 e. The van der Waals surface area contributed by atoms with Crippen molar-refractivity contribution in [2.24, 2.45) is 0 Å². The molecule has 0 saturated carbocycles. The molecule has 0 atom stereocenters. The summed E-state index contributed by atoms with van der Waals surface area (Å²) in [6.07, 6.45) is 5.05. The minimum Gasteiger partial charge on any atom is -0.456 e. The minimum absolute atomic E-state index is 0.835. The molecular weight excluding hydrogens is 453 g/mol. The quantitative estimate of drug-likeness (QED) is 0.122. The molecule has 172 valence electrons. The smallest absolute Gasteiger partial charge is 0.176 e. The molecule has 7 heteroatoms. The number of thioether (sulfide) groups is 2. The Morgan fingerprint density at radius 1 is 0.645 bits per heavy atom. The fraction of sp³-hybridized carbons (Fsp3) is 0.500. The molecule has 0 aliphatic rings. The third-order valence-electron chi connectivity index (χ3n) is 5.05. The molecule has 3 nitrogen and oxygen atoms in total. The van der Waals surface area contributed by atoms with Crippen LogP contribution in [0.5, 0.6) is 0 Å². The highest BCUT2D eigenvalue weighted by Gasteiger charge is 2.33. The first-order valence-electron chi connectivity index (χ1n) is 11.3. The van der Waals surface area contributed by atoms with Crippen molar-refractivity contribution in [3.8, 4) is 0 Å². The molecule has 0 saturated heterocycles. The Kier molecular flexibility index (Phi) is 11.1. The summed E-state index contributed by atoms with van der Waals surface area (Å²) in [5.74, 6) is 2.33. The Morgan fingerprint density at radius 2 is 1.03 bits per heavy atom. The zero-order chi connectivity index (χ0) is 22.7. The van der Waals surface area contributed by atoms with E-state index in [0.717, 1.165) is 11.4 Å². The van der Waals surface area contributed by atoms with Gasteiger partial charge in [-0.05, 0) is 111 Å². The number of hydrogen-bond acceptors (Lipinski definition) is 5. The molecule has 0 unspecified atom stereocenters. The number of unbranched alkanes of at least 4 members (excludes halogenated alkanes) is 2. The Labute approximate surface area is 200 Å². The van der Waals surface area contributed by atoms with Crippen LogP contribution in [0.2, 0.25) is 38.3 Å². The van der Waals surface area contributed by atoms with Gasteiger partial charge in [0.25, 0.3) is 0 Å². The van der Waals surface area contributed by atoms with Crippen LogP contribution in [0.4, 0.5) is 11.4 Å². The van der Waals surface area contributed by atoms with Crippen LogP contribution in [0, 0.1) is 0 Å². The Balaban J connectivity index is 1.71. The van der Waals surface area contributed by atoms with Crippen LogP contribution < -0.4 is 11.5 Å². The molecule has 0 amide bonds. The molecule has 2 rings (SSSR count). The Bertz CT molecular complexity index is 709. The zero-order valence-corrected chi connectivity index (χ0v) is 23.3. The number of anilines is 2. The van der Waals surface area contributed by atoms with E-state index in [1.54, 1.807) is 0 Å². The molecule has 0 bridgehead atoms. The topological polar surface area (TPSA) is 61.3 Å². The molecule has 2 aromatic rings. The van der Waals surface area contributed by atoms with E-state index in [0.29, 0.717) is 0 Å². The maximum absolute atomic E-state index is 6.82. The molecule has 0 fully saturated rings. The Morgan fingerprint density at radius 3 is 1.39 bits per heavy atom. The van der Waals surface area contributed by atoms with Crippen molar-refractivity contribution in [1.29, 1.82) is 0 Å². The van der Waals surface area contributed by atoms with E-state index in [9.17, 15) is 0 Å². The van der Waals surface area contributed by atoms with Crippen molar-refractivity contribution in [2.45, 2.75) is 73.8 Å². The monoisotopic (exact) mass is 492 g/mol. The molecule has 0 heterocycles. The predicted octanol–water partition coefficient (Wildman–Crippen LogP) is 7.72. The van der Waals surface area contributed by atoms with Crippen LogP contribution in [0.15, 0.2) is 58.3 Å².